The molecule has 4 aromatic rings. The van der Waals surface area contributed by atoms with E-state index in [1.807, 2.05) is 48.8 Å². The summed E-state index contributed by atoms with van der Waals surface area (Å²) in [6.45, 7) is 2.70. The van der Waals surface area contributed by atoms with Gasteiger partial charge in [-0.3, -0.25) is 14.9 Å². The van der Waals surface area contributed by atoms with Gasteiger partial charge in [-0.1, -0.05) is 18.2 Å². The van der Waals surface area contributed by atoms with Gasteiger partial charge in [0.15, 0.2) is 5.13 Å². The largest absolute Gasteiger partial charge is 0.331 e. The molecule has 0 saturated heterocycles. The molecule has 4 rings (SSSR count). The Morgan fingerprint density at radius 3 is 2.63 bits per heavy atom. The molecule has 30 heavy (non-hydrogen) atoms. The van der Waals surface area contributed by atoms with Crippen molar-refractivity contribution in [2.24, 2.45) is 0 Å². The summed E-state index contributed by atoms with van der Waals surface area (Å²) in [6, 6.07) is 11.3. The lowest BCUT2D eigenvalue weighted by Gasteiger charge is -2.08. The molecular weight excluding hydrogens is 418 g/mol. The smallest absolute Gasteiger partial charge is 0.267 e. The van der Waals surface area contributed by atoms with E-state index >= 15 is 0 Å². The number of aromatic nitrogens is 3. The fraction of sp³-hybridized carbons (Fsp3) is 0.143. The van der Waals surface area contributed by atoms with Crippen molar-refractivity contribution in [1.82, 2.24) is 14.5 Å². The van der Waals surface area contributed by atoms with Crippen LogP contribution in [0.2, 0.25) is 0 Å². The van der Waals surface area contributed by atoms with Crippen LogP contribution in [0.15, 0.2) is 59.6 Å². The SMILES string of the molecule is Cc1nccn1Cc1ccc(NC(=O)Cc2csc(NC(=O)c3cccs3)n2)cc1. The quantitative estimate of drug-likeness (QED) is 0.454. The van der Waals surface area contributed by atoms with Gasteiger partial charge in [0.05, 0.1) is 17.0 Å². The van der Waals surface area contributed by atoms with E-state index in [0.29, 0.717) is 15.7 Å². The maximum Gasteiger partial charge on any atom is 0.267 e. The van der Waals surface area contributed by atoms with Crippen LogP contribution in [0, 0.1) is 6.92 Å². The minimum Gasteiger partial charge on any atom is -0.331 e. The Labute approximate surface area is 181 Å². The molecule has 1 aromatic carbocycles. The number of amides is 2. The van der Waals surface area contributed by atoms with Gasteiger partial charge in [-0.05, 0) is 36.1 Å². The van der Waals surface area contributed by atoms with Crippen LogP contribution in [0.4, 0.5) is 10.8 Å². The minimum atomic E-state index is -0.193. The van der Waals surface area contributed by atoms with Gasteiger partial charge in [-0.15, -0.1) is 22.7 Å². The predicted octanol–water partition coefficient (Wildman–Crippen LogP) is 4.19. The Kier molecular flexibility index (Phi) is 6.01. The van der Waals surface area contributed by atoms with Gasteiger partial charge in [-0.25, -0.2) is 9.97 Å². The van der Waals surface area contributed by atoms with E-state index < -0.39 is 0 Å². The molecule has 3 aromatic heterocycles. The van der Waals surface area contributed by atoms with E-state index in [-0.39, 0.29) is 18.2 Å². The third-order valence-corrected chi connectivity index (χ3v) is 6.05. The molecule has 7 nitrogen and oxygen atoms in total. The number of aryl methyl sites for hydroxylation is 1. The van der Waals surface area contributed by atoms with Crippen molar-refractivity contribution < 1.29 is 9.59 Å². The second-order valence-electron chi connectivity index (χ2n) is 6.60. The number of hydrogen-bond acceptors (Lipinski definition) is 6. The second-order valence-corrected chi connectivity index (χ2v) is 8.41. The lowest BCUT2D eigenvalue weighted by Crippen LogP contribution is -2.15. The standard InChI is InChI=1S/C21H19N5O2S2/c1-14-22-8-9-26(14)12-15-4-6-16(7-5-15)23-19(27)11-17-13-30-21(24-17)25-20(28)18-3-2-10-29-18/h2-10,13H,11-12H2,1H3,(H,23,27)(H,24,25,28). The minimum absolute atomic E-state index is 0.140. The van der Waals surface area contributed by atoms with Crippen molar-refractivity contribution in [2.45, 2.75) is 19.9 Å². The molecule has 0 radical (unpaired) electrons. The Bertz CT molecular complexity index is 1150. The van der Waals surface area contributed by atoms with Crippen LogP contribution in [-0.2, 0) is 17.8 Å². The molecule has 0 unspecified atom stereocenters. The van der Waals surface area contributed by atoms with E-state index in [1.54, 1.807) is 17.6 Å². The number of thiophene rings is 1. The van der Waals surface area contributed by atoms with Gasteiger partial charge in [0.2, 0.25) is 5.91 Å². The zero-order valence-electron chi connectivity index (χ0n) is 16.2. The number of imidazole rings is 1. The Hall–Kier alpha value is -3.30. The molecule has 0 fully saturated rings. The first kappa shape index (κ1) is 20.0. The van der Waals surface area contributed by atoms with E-state index in [1.165, 1.54) is 22.7 Å². The highest BCUT2D eigenvalue weighted by Crippen LogP contribution is 2.19. The number of nitrogens with one attached hydrogen (secondary N) is 2. The maximum atomic E-state index is 12.3. The fourth-order valence-electron chi connectivity index (χ4n) is 2.84. The van der Waals surface area contributed by atoms with Crippen LogP contribution in [0.1, 0.15) is 26.8 Å². The first-order chi connectivity index (χ1) is 14.6. The number of nitrogens with zero attached hydrogens (tertiary/aromatic N) is 3. The van der Waals surface area contributed by atoms with Crippen molar-refractivity contribution in [1.29, 1.82) is 0 Å². The van der Waals surface area contributed by atoms with Gasteiger partial charge in [0.1, 0.15) is 5.82 Å². The molecule has 0 aliphatic rings. The molecule has 0 spiro atoms. The van der Waals surface area contributed by atoms with Crippen LogP contribution in [0.5, 0.6) is 0 Å². The monoisotopic (exact) mass is 437 g/mol. The molecule has 0 atom stereocenters. The molecule has 0 bridgehead atoms. The zero-order chi connectivity index (χ0) is 20.9. The molecule has 0 aliphatic carbocycles. The molecule has 2 N–H and O–H groups in total. The lowest BCUT2D eigenvalue weighted by atomic mass is 10.2. The van der Waals surface area contributed by atoms with Gasteiger partial charge in [-0.2, -0.15) is 0 Å². The number of carbonyl (C=O) groups is 2. The maximum absolute atomic E-state index is 12.3. The van der Waals surface area contributed by atoms with Crippen molar-refractivity contribution in [3.05, 3.63) is 81.5 Å². The molecule has 3 heterocycles. The topological polar surface area (TPSA) is 88.9 Å². The third-order valence-electron chi connectivity index (χ3n) is 4.37. The molecule has 0 saturated carbocycles. The van der Waals surface area contributed by atoms with Crippen molar-refractivity contribution in [3.63, 3.8) is 0 Å². The molecule has 9 heteroatoms. The summed E-state index contributed by atoms with van der Waals surface area (Å²) in [5, 5.41) is 9.74. The normalized spacial score (nSPS) is 10.7. The van der Waals surface area contributed by atoms with Crippen LogP contribution in [0.25, 0.3) is 0 Å². The van der Waals surface area contributed by atoms with E-state index in [2.05, 4.69) is 25.2 Å². The predicted molar refractivity (Wildman–Crippen MR) is 119 cm³/mol. The second kappa shape index (κ2) is 9.02. The third kappa shape index (κ3) is 5.00. The summed E-state index contributed by atoms with van der Waals surface area (Å²) in [5.74, 6) is 0.609. The molecular formula is C21H19N5O2S2. The Morgan fingerprint density at radius 2 is 1.93 bits per heavy atom. The molecule has 0 aliphatic heterocycles. The van der Waals surface area contributed by atoms with E-state index in [0.717, 1.165) is 23.6 Å². The summed E-state index contributed by atoms with van der Waals surface area (Å²) in [5.41, 5.74) is 2.47. The van der Waals surface area contributed by atoms with Crippen LogP contribution >= 0.6 is 22.7 Å². The lowest BCUT2D eigenvalue weighted by molar-refractivity contribution is -0.115. The Balaban J connectivity index is 1.30. The van der Waals surface area contributed by atoms with Gasteiger partial charge >= 0.3 is 0 Å². The molecule has 152 valence electrons. The summed E-state index contributed by atoms with van der Waals surface area (Å²) < 4.78 is 2.06. The number of rotatable bonds is 7. The van der Waals surface area contributed by atoms with Crippen LogP contribution < -0.4 is 10.6 Å². The van der Waals surface area contributed by atoms with Gasteiger partial charge in [0.25, 0.3) is 5.91 Å². The average Bonchev–Trinajstić information content (AvgIpc) is 3.47. The summed E-state index contributed by atoms with van der Waals surface area (Å²) in [4.78, 5) is 33.6. The van der Waals surface area contributed by atoms with Crippen molar-refractivity contribution >= 4 is 45.3 Å². The highest BCUT2D eigenvalue weighted by Gasteiger charge is 2.12. The first-order valence-electron chi connectivity index (χ1n) is 9.22. The number of anilines is 2. The number of carbonyl (C=O) groups excluding carboxylic acids is 2. The zero-order valence-corrected chi connectivity index (χ0v) is 17.8. The average molecular weight is 438 g/mol. The fourth-order valence-corrected chi connectivity index (χ4v) is 4.17. The van der Waals surface area contributed by atoms with Crippen LogP contribution in [-0.4, -0.2) is 26.3 Å². The summed E-state index contributed by atoms with van der Waals surface area (Å²) in [7, 11) is 0. The van der Waals surface area contributed by atoms with Crippen molar-refractivity contribution in [3.8, 4) is 0 Å². The molecule has 2 amide bonds. The van der Waals surface area contributed by atoms with Crippen molar-refractivity contribution in [2.75, 3.05) is 10.6 Å². The number of benzene rings is 1. The highest BCUT2D eigenvalue weighted by molar-refractivity contribution is 7.14. The van der Waals surface area contributed by atoms with Crippen LogP contribution in [0.3, 0.4) is 0 Å². The van der Waals surface area contributed by atoms with Gasteiger partial charge in [0, 0.05) is 30.0 Å². The number of hydrogen-bond donors (Lipinski definition) is 2. The highest BCUT2D eigenvalue weighted by atomic mass is 32.1. The summed E-state index contributed by atoms with van der Waals surface area (Å²) >= 11 is 2.67. The van der Waals surface area contributed by atoms with Gasteiger partial charge < -0.3 is 9.88 Å². The van der Waals surface area contributed by atoms with E-state index in [9.17, 15) is 9.59 Å². The number of thiazole rings is 1. The van der Waals surface area contributed by atoms with E-state index in [4.69, 9.17) is 0 Å². The Morgan fingerprint density at radius 1 is 1.10 bits per heavy atom. The first-order valence-corrected chi connectivity index (χ1v) is 11.0. The summed E-state index contributed by atoms with van der Waals surface area (Å²) in [6.07, 6.45) is 3.86.